The van der Waals surface area contributed by atoms with Crippen LogP contribution in [0.4, 0.5) is 24.8 Å². The molecule has 100 valence electrons. The molecule has 7 heteroatoms. The Morgan fingerprint density at radius 1 is 1.39 bits per heavy atom. The number of pyridine rings is 1. The molecule has 0 amide bonds. The molecule has 0 bridgehead atoms. The van der Waals surface area contributed by atoms with E-state index in [1.54, 1.807) is 4.90 Å². The van der Waals surface area contributed by atoms with Crippen LogP contribution in [0.3, 0.4) is 0 Å². The summed E-state index contributed by atoms with van der Waals surface area (Å²) >= 11 is 0. The van der Waals surface area contributed by atoms with E-state index < -0.39 is 11.7 Å². The third kappa shape index (κ3) is 2.84. The van der Waals surface area contributed by atoms with Crippen molar-refractivity contribution >= 4 is 11.6 Å². The van der Waals surface area contributed by atoms with Crippen molar-refractivity contribution in [3.05, 3.63) is 17.7 Å². The first-order valence-electron chi connectivity index (χ1n) is 5.64. The van der Waals surface area contributed by atoms with Gasteiger partial charge in [0.2, 0.25) is 0 Å². The molecule has 1 fully saturated rings. The topological polar surface area (TPSA) is 62.4 Å². The van der Waals surface area contributed by atoms with Gasteiger partial charge in [-0.3, -0.25) is 0 Å². The van der Waals surface area contributed by atoms with Gasteiger partial charge in [0.1, 0.15) is 11.6 Å². The Bertz CT molecular complexity index is 432. The molecule has 0 atom stereocenters. The summed E-state index contributed by atoms with van der Waals surface area (Å²) in [5, 5.41) is 8.95. The average Bonchev–Trinajstić information content (AvgIpc) is 3.07. The second kappa shape index (κ2) is 4.64. The lowest BCUT2D eigenvalue weighted by molar-refractivity contribution is -0.137. The molecule has 0 radical (unpaired) electrons. The largest absolute Gasteiger partial charge is 0.416 e. The molecule has 1 aliphatic rings. The molecule has 1 aliphatic carbocycles. The summed E-state index contributed by atoms with van der Waals surface area (Å²) in [6, 6.07) is 1.95. The Labute approximate surface area is 102 Å². The van der Waals surface area contributed by atoms with Crippen molar-refractivity contribution in [2.75, 3.05) is 23.8 Å². The van der Waals surface area contributed by atoms with Gasteiger partial charge in [-0.15, -0.1) is 0 Å². The van der Waals surface area contributed by atoms with Crippen LogP contribution in [-0.4, -0.2) is 29.3 Å². The lowest BCUT2D eigenvalue weighted by Gasteiger charge is -2.23. The van der Waals surface area contributed by atoms with Crippen LogP contribution in [0.5, 0.6) is 0 Å². The zero-order chi connectivity index (χ0) is 13.3. The Morgan fingerprint density at radius 3 is 2.56 bits per heavy atom. The number of hydrogen-bond acceptors (Lipinski definition) is 4. The maximum atomic E-state index is 12.7. The predicted octanol–water partition coefficient (Wildman–Crippen LogP) is 1.64. The van der Waals surface area contributed by atoms with Gasteiger partial charge in [-0.25, -0.2) is 4.98 Å². The first kappa shape index (κ1) is 12.9. The summed E-state index contributed by atoms with van der Waals surface area (Å²) in [6.45, 7) is 0.132. The van der Waals surface area contributed by atoms with Crippen LogP contribution in [0.1, 0.15) is 18.4 Å². The van der Waals surface area contributed by atoms with Crippen molar-refractivity contribution in [3.63, 3.8) is 0 Å². The van der Waals surface area contributed by atoms with E-state index in [1.807, 2.05) is 0 Å². The molecule has 0 aliphatic heterocycles. The molecule has 4 nitrogen and oxygen atoms in total. The maximum Gasteiger partial charge on any atom is 0.416 e. The maximum absolute atomic E-state index is 12.7. The van der Waals surface area contributed by atoms with Gasteiger partial charge in [-0.1, -0.05) is 0 Å². The van der Waals surface area contributed by atoms with Crippen molar-refractivity contribution in [1.29, 1.82) is 0 Å². The van der Waals surface area contributed by atoms with Gasteiger partial charge >= 0.3 is 6.18 Å². The third-order valence-electron chi connectivity index (χ3n) is 2.78. The average molecular weight is 261 g/mol. The van der Waals surface area contributed by atoms with Gasteiger partial charge in [0.05, 0.1) is 12.2 Å². The van der Waals surface area contributed by atoms with E-state index in [4.69, 9.17) is 10.8 Å². The van der Waals surface area contributed by atoms with E-state index in [0.29, 0.717) is 0 Å². The predicted molar refractivity (Wildman–Crippen MR) is 61.1 cm³/mol. The van der Waals surface area contributed by atoms with Crippen molar-refractivity contribution in [1.82, 2.24) is 4.98 Å². The minimum Gasteiger partial charge on any atom is -0.395 e. The van der Waals surface area contributed by atoms with Crippen LogP contribution in [0.15, 0.2) is 12.1 Å². The quantitative estimate of drug-likeness (QED) is 0.865. The normalized spacial score (nSPS) is 15.8. The summed E-state index contributed by atoms with van der Waals surface area (Å²) < 4.78 is 38.0. The van der Waals surface area contributed by atoms with Gasteiger partial charge in [0, 0.05) is 12.6 Å². The zero-order valence-corrected chi connectivity index (χ0v) is 9.61. The molecule has 0 aromatic carbocycles. The number of alkyl halides is 3. The molecule has 1 aromatic heterocycles. The fourth-order valence-corrected chi connectivity index (χ4v) is 1.83. The number of anilines is 2. The number of halogens is 3. The molecule has 0 spiro atoms. The van der Waals surface area contributed by atoms with Crippen LogP contribution in [0.25, 0.3) is 0 Å². The van der Waals surface area contributed by atoms with Crippen LogP contribution in [0, 0.1) is 0 Å². The number of rotatable bonds is 4. The van der Waals surface area contributed by atoms with E-state index in [9.17, 15) is 13.2 Å². The Morgan fingerprint density at radius 2 is 2.06 bits per heavy atom. The molecule has 3 N–H and O–H groups in total. The highest BCUT2D eigenvalue weighted by Crippen LogP contribution is 2.35. The Kier molecular flexibility index (Phi) is 3.34. The Balaban J connectivity index is 2.34. The molecule has 18 heavy (non-hydrogen) atoms. The molecular formula is C11H14F3N3O. The number of aliphatic hydroxyl groups is 1. The van der Waals surface area contributed by atoms with Gasteiger partial charge in [0.25, 0.3) is 0 Å². The highest BCUT2D eigenvalue weighted by Gasteiger charge is 2.34. The minimum atomic E-state index is -4.44. The molecule has 0 saturated heterocycles. The number of nitrogen functional groups attached to an aromatic ring is 1. The lowest BCUT2D eigenvalue weighted by Crippen LogP contribution is -2.30. The van der Waals surface area contributed by atoms with E-state index in [0.717, 1.165) is 25.0 Å². The molecule has 1 saturated carbocycles. The minimum absolute atomic E-state index is 0.131. The van der Waals surface area contributed by atoms with E-state index in [1.165, 1.54) is 0 Å². The second-order valence-electron chi connectivity index (χ2n) is 4.28. The standard InChI is InChI=1S/C11H14F3N3O/c12-11(13,14)7-5-9(15)16-10(6-7)17(3-4-18)8-1-2-8/h5-6,8,18H,1-4H2,(H2,15,16). The molecule has 2 rings (SSSR count). The first-order valence-corrected chi connectivity index (χ1v) is 5.64. The number of hydrogen-bond donors (Lipinski definition) is 2. The molecular weight excluding hydrogens is 247 g/mol. The van der Waals surface area contributed by atoms with Gasteiger partial charge in [-0.05, 0) is 25.0 Å². The van der Waals surface area contributed by atoms with Gasteiger partial charge in [-0.2, -0.15) is 13.2 Å². The van der Waals surface area contributed by atoms with Crippen molar-refractivity contribution < 1.29 is 18.3 Å². The van der Waals surface area contributed by atoms with E-state index in [-0.39, 0.29) is 30.8 Å². The first-order chi connectivity index (χ1) is 8.41. The molecule has 1 heterocycles. The van der Waals surface area contributed by atoms with Crippen LogP contribution in [0.2, 0.25) is 0 Å². The lowest BCUT2D eigenvalue weighted by atomic mass is 10.2. The van der Waals surface area contributed by atoms with Crippen molar-refractivity contribution in [2.45, 2.75) is 25.1 Å². The second-order valence-corrected chi connectivity index (χ2v) is 4.28. The summed E-state index contributed by atoms with van der Waals surface area (Å²) in [6.07, 6.45) is -2.64. The zero-order valence-electron chi connectivity index (χ0n) is 9.61. The third-order valence-corrected chi connectivity index (χ3v) is 2.78. The number of aromatic nitrogens is 1. The fraction of sp³-hybridized carbons (Fsp3) is 0.545. The summed E-state index contributed by atoms with van der Waals surface area (Å²) in [5.74, 6) is 0.0160. The van der Waals surface area contributed by atoms with Crippen LogP contribution < -0.4 is 10.6 Å². The Hall–Kier alpha value is -1.50. The molecule has 1 aromatic rings. The van der Waals surface area contributed by atoms with Crippen molar-refractivity contribution in [2.24, 2.45) is 0 Å². The number of aliphatic hydroxyl groups excluding tert-OH is 1. The molecule has 0 unspecified atom stereocenters. The highest BCUT2D eigenvalue weighted by molar-refractivity contribution is 5.50. The van der Waals surface area contributed by atoms with Crippen LogP contribution >= 0.6 is 0 Å². The number of nitrogens with two attached hydrogens (primary N) is 1. The summed E-state index contributed by atoms with van der Waals surface area (Å²) in [5.41, 5.74) is 4.60. The van der Waals surface area contributed by atoms with Crippen molar-refractivity contribution in [3.8, 4) is 0 Å². The van der Waals surface area contributed by atoms with Crippen LogP contribution in [-0.2, 0) is 6.18 Å². The summed E-state index contributed by atoms with van der Waals surface area (Å²) in [4.78, 5) is 5.59. The van der Waals surface area contributed by atoms with Gasteiger partial charge in [0.15, 0.2) is 0 Å². The SMILES string of the molecule is Nc1cc(C(F)(F)F)cc(N(CCO)C2CC2)n1. The highest BCUT2D eigenvalue weighted by atomic mass is 19.4. The van der Waals surface area contributed by atoms with E-state index >= 15 is 0 Å². The van der Waals surface area contributed by atoms with E-state index in [2.05, 4.69) is 4.98 Å². The monoisotopic (exact) mass is 261 g/mol. The summed E-state index contributed by atoms with van der Waals surface area (Å²) in [7, 11) is 0. The van der Waals surface area contributed by atoms with Gasteiger partial charge < -0.3 is 15.7 Å². The number of nitrogens with zero attached hydrogens (tertiary/aromatic N) is 2. The fourth-order valence-electron chi connectivity index (χ4n) is 1.83. The smallest absolute Gasteiger partial charge is 0.395 e.